The van der Waals surface area contributed by atoms with Crippen LogP contribution in [0.25, 0.3) is 0 Å². The van der Waals surface area contributed by atoms with Crippen LogP contribution in [0.2, 0.25) is 5.15 Å². The van der Waals surface area contributed by atoms with Crippen LogP contribution in [-0.2, 0) is 11.3 Å². The summed E-state index contributed by atoms with van der Waals surface area (Å²) in [5, 5.41) is 10.9. The highest BCUT2D eigenvalue weighted by Crippen LogP contribution is 2.40. The van der Waals surface area contributed by atoms with Crippen molar-refractivity contribution in [2.75, 3.05) is 14.2 Å². The second-order valence-electron chi connectivity index (χ2n) is 9.31. The molecule has 1 aromatic heterocycles. The van der Waals surface area contributed by atoms with Gasteiger partial charge in [0.25, 0.3) is 11.8 Å². The number of carbonyl (C=O) groups is 2. The van der Waals surface area contributed by atoms with Gasteiger partial charge in [0.2, 0.25) is 5.91 Å². The first-order valence-corrected chi connectivity index (χ1v) is 11.6. The van der Waals surface area contributed by atoms with Gasteiger partial charge in [0.1, 0.15) is 28.9 Å². The Kier molecular flexibility index (Phi) is 7.03. The molecule has 1 unspecified atom stereocenters. The van der Waals surface area contributed by atoms with E-state index in [-0.39, 0.29) is 29.0 Å². The molecule has 0 bridgehead atoms. The van der Waals surface area contributed by atoms with Gasteiger partial charge < -0.3 is 24.4 Å². The van der Waals surface area contributed by atoms with Gasteiger partial charge in [-0.25, -0.2) is 0 Å². The molecule has 2 aromatic carbocycles. The number of halogens is 1. The average molecular weight is 511 g/mol. The number of nitrogens with zero attached hydrogens (tertiary/aromatic N) is 3. The summed E-state index contributed by atoms with van der Waals surface area (Å²) in [5.74, 6) is 0.643. The Balaban J connectivity index is 1.92. The third-order valence-electron chi connectivity index (χ3n) is 5.51. The average Bonchev–Trinajstić information content (AvgIpc) is 2.83. The highest BCUT2D eigenvalue weighted by molar-refractivity contribution is 6.29. The Morgan fingerprint density at radius 1 is 1.06 bits per heavy atom. The summed E-state index contributed by atoms with van der Waals surface area (Å²) in [6.45, 7) is 5.74. The van der Waals surface area contributed by atoms with Crippen molar-refractivity contribution in [2.45, 2.75) is 38.9 Å². The summed E-state index contributed by atoms with van der Waals surface area (Å²) in [4.78, 5) is 29.2. The van der Waals surface area contributed by atoms with E-state index >= 15 is 0 Å². The first kappa shape index (κ1) is 25.2. The number of carbonyl (C=O) groups excluding carboxylic acids is 2. The number of hydrogen-bond donors (Lipinski definition) is 1. The highest BCUT2D eigenvalue weighted by atomic mass is 35.5. The molecule has 9 nitrogen and oxygen atoms in total. The molecule has 1 aliphatic heterocycles. The fourth-order valence-corrected chi connectivity index (χ4v) is 4.04. The standard InChI is InChI=1S/C26H27ClN4O5/c1-26(2,3)28-23(32)22-18-11-10-17(35-5)12-20(18)36-24-19(13-21(27)29-30-24)25(33)31(22)14-15-6-8-16(34-4)9-7-15/h6-13,22H,14H2,1-5H3,(H,28,32). The molecule has 0 spiro atoms. The predicted molar refractivity (Wildman–Crippen MR) is 134 cm³/mol. The van der Waals surface area contributed by atoms with Crippen LogP contribution in [0.3, 0.4) is 0 Å². The Morgan fingerprint density at radius 3 is 2.36 bits per heavy atom. The normalized spacial score (nSPS) is 15.1. The maximum Gasteiger partial charge on any atom is 0.260 e. The van der Waals surface area contributed by atoms with Gasteiger partial charge >= 0.3 is 0 Å². The maximum atomic E-state index is 14.0. The number of amides is 2. The van der Waals surface area contributed by atoms with Crippen LogP contribution in [0.1, 0.15) is 48.3 Å². The number of fused-ring (bicyclic) bond motifs is 2. The number of methoxy groups -OCH3 is 2. The lowest BCUT2D eigenvalue weighted by Gasteiger charge is -2.36. The SMILES string of the molecule is COc1ccc(CN2C(=O)c3cc(Cl)nnc3Oc3cc(OC)ccc3C2C(=O)NC(C)(C)C)cc1. The maximum absolute atomic E-state index is 14.0. The van der Waals surface area contributed by atoms with E-state index < -0.39 is 17.5 Å². The molecule has 188 valence electrons. The van der Waals surface area contributed by atoms with Crippen molar-refractivity contribution in [3.8, 4) is 23.1 Å². The quantitative estimate of drug-likeness (QED) is 0.537. The Labute approximate surface area is 214 Å². The molecule has 0 fully saturated rings. The van der Waals surface area contributed by atoms with Crippen LogP contribution in [0, 0.1) is 0 Å². The monoisotopic (exact) mass is 510 g/mol. The van der Waals surface area contributed by atoms with Crippen molar-refractivity contribution >= 4 is 23.4 Å². The number of nitrogens with one attached hydrogen (secondary N) is 1. The van der Waals surface area contributed by atoms with E-state index in [1.165, 1.54) is 18.1 Å². The third kappa shape index (κ3) is 5.36. The van der Waals surface area contributed by atoms with E-state index in [1.807, 2.05) is 32.9 Å². The largest absolute Gasteiger partial charge is 0.497 e. The number of ether oxygens (including phenoxy) is 3. The molecule has 10 heteroatoms. The van der Waals surface area contributed by atoms with Crippen molar-refractivity contribution in [3.05, 3.63) is 70.4 Å². The minimum atomic E-state index is -1.03. The topological polar surface area (TPSA) is 103 Å². The second-order valence-corrected chi connectivity index (χ2v) is 9.70. The molecule has 2 amide bonds. The molecule has 1 atom stereocenters. The molecule has 4 rings (SSSR count). The minimum Gasteiger partial charge on any atom is -0.497 e. The van der Waals surface area contributed by atoms with Crippen molar-refractivity contribution in [1.29, 1.82) is 0 Å². The molecule has 36 heavy (non-hydrogen) atoms. The molecule has 0 radical (unpaired) electrons. The number of aromatic nitrogens is 2. The Hall–Kier alpha value is -3.85. The van der Waals surface area contributed by atoms with E-state index in [0.717, 1.165) is 5.56 Å². The lowest BCUT2D eigenvalue weighted by molar-refractivity contribution is -0.127. The lowest BCUT2D eigenvalue weighted by Crippen LogP contribution is -2.49. The number of hydrogen-bond acceptors (Lipinski definition) is 7. The minimum absolute atomic E-state index is 0.0201. The van der Waals surface area contributed by atoms with Crippen molar-refractivity contribution in [3.63, 3.8) is 0 Å². The van der Waals surface area contributed by atoms with E-state index in [1.54, 1.807) is 37.4 Å². The molecule has 3 aromatic rings. The first-order chi connectivity index (χ1) is 17.1. The third-order valence-corrected chi connectivity index (χ3v) is 5.70. The number of benzene rings is 2. The van der Waals surface area contributed by atoms with Gasteiger partial charge in [-0.1, -0.05) is 23.7 Å². The zero-order valence-electron chi connectivity index (χ0n) is 20.7. The fourth-order valence-electron chi connectivity index (χ4n) is 3.90. The number of rotatable bonds is 5. The van der Waals surface area contributed by atoms with E-state index in [9.17, 15) is 9.59 Å². The summed E-state index contributed by atoms with van der Waals surface area (Å²) >= 11 is 6.10. The Bertz CT molecular complexity index is 1290. The van der Waals surface area contributed by atoms with Crippen LogP contribution >= 0.6 is 11.6 Å². The van der Waals surface area contributed by atoms with Crippen molar-refractivity contribution in [2.24, 2.45) is 0 Å². The van der Waals surface area contributed by atoms with Gasteiger partial charge in [-0.05, 0) is 56.7 Å². The summed E-state index contributed by atoms with van der Waals surface area (Å²) in [5.41, 5.74) is 0.811. The van der Waals surface area contributed by atoms with Crippen LogP contribution in [0.5, 0.6) is 23.1 Å². The van der Waals surface area contributed by atoms with Gasteiger partial charge in [0.05, 0.1) is 14.2 Å². The highest BCUT2D eigenvalue weighted by Gasteiger charge is 2.39. The van der Waals surface area contributed by atoms with E-state index in [0.29, 0.717) is 22.8 Å². The van der Waals surface area contributed by atoms with Gasteiger partial charge in [-0.3, -0.25) is 9.59 Å². The van der Waals surface area contributed by atoms with Crippen LogP contribution in [-0.4, -0.2) is 46.7 Å². The molecule has 1 aliphatic rings. The summed E-state index contributed by atoms with van der Waals surface area (Å²) in [6.07, 6.45) is 0. The van der Waals surface area contributed by atoms with Crippen LogP contribution in [0.15, 0.2) is 48.5 Å². The first-order valence-electron chi connectivity index (χ1n) is 11.2. The van der Waals surface area contributed by atoms with Gasteiger partial charge in [0, 0.05) is 23.7 Å². The molecule has 0 aliphatic carbocycles. The molecule has 2 heterocycles. The van der Waals surface area contributed by atoms with Crippen molar-refractivity contribution in [1.82, 2.24) is 20.4 Å². The molecule has 0 saturated heterocycles. The van der Waals surface area contributed by atoms with Gasteiger partial charge in [0.15, 0.2) is 5.15 Å². The predicted octanol–water partition coefficient (Wildman–Crippen LogP) is 4.55. The molecular weight excluding hydrogens is 484 g/mol. The second kappa shape index (κ2) is 10.0. The van der Waals surface area contributed by atoms with Crippen LogP contribution in [0.4, 0.5) is 0 Å². The molecular formula is C26H27ClN4O5. The van der Waals surface area contributed by atoms with E-state index in [4.69, 9.17) is 25.8 Å². The summed E-state index contributed by atoms with van der Waals surface area (Å²) in [7, 11) is 3.11. The van der Waals surface area contributed by atoms with Crippen molar-refractivity contribution < 1.29 is 23.8 Å². The zero-order chi connectivity index (χ0) is 26.0. The van der Waals surface area contributed by atoms with Crippen LogP contribution < -0.4 is 19.5 Å². The van der Waals surface area contributed by atoms with Gasteiger partial charge in [-0.2, -0.15) is 0 Å². The molecule has 0 saturated carbocycles. The Morgan fingerprint density at radius 2 is 1.72 bits per heavy atom. The smallest absolute Gasteiger partial charge is 0.260 e. The fraction of sp³-hybridized carbons (Fsp3) is 0.308. The van der Waals surface area contributed by atoms with E-state index in [2.05, 4.69) is 15.5 Å². The summed E-state index contributed by atoms with van der Waals surface area (Å²) < 4.78 is 16.7. The zero-order valence-corrected chi connectivity index (χ0v) is 21.4. The summed E-state index contributed by atoms with van der Waals surface area (Å²) in [6, 6.07) is 12.7. The molecule has 1 N–H and O–H groups in total. The van der Waals surface area contributed by atoms with Gasteiger partial charge in [-0.15, -0.1) is 10.2 Å². The lowest BCUT2D eigenvalue weighted by atomic mass is 9.98.